The first kappa shape index (κ1) is 20.4. The highest BCUT2D eigenvalue weighted by Crippen LogP contribution is 2.36. The molecule has 1 unspecified atom stereocenters. The van der Waals surface area contributed by atoms with E-state index in [9.17, 15) is 17.6 Å². The molecule has 0 radical (unpaired) electrons. The molecule has 0 spiro atoms. The summed E-state index contributed by atoms with van der Waals surface area (Å²) in [5.41, 5.74) is 0.875. The molecule has 2 aromatic carbocycles. The maximum Gasteiger partial charge on any atom is 0.253 e. The number of piperidine rings is 1. The van der Waals surface area contributed by atoms with Crippen molar-refractivity contribution in [1.29, 1.82) is 0 Å². The first-order valence-corrected chi connectivity index (χ1v) is 12.2. The first-order chi connectivity index (χ1) is 14.0. The third kappa shape index (κ3) is 4.20. The Hall–Kier alpha value is -1.90. The fraction of sp³-hybridized carbons (Fsp3) is 0.381. The summed E-state index contributed by atoms with van der Waals surface area (Å²) in [6.07, 6.45) is 3.34. The van der Waals surface area contributed by atoms with Crippen molar-refractivity contribution in [3.05, 3.63) is 59.4 Å². The largest absolute Gasteiger partial charge is 0.345 e. The van der Waals surface area contributed by atoms with Gasteiger partial charge in [0.15, 0.2) is 0 Å². The summed E-state index contributed by atoms with van der Waals surface area (Å²) in [6.45, 7) is 0.954. The van der Waals surface area contributed by atoms with Crippen LogP contribution < -0.4 is 5.32 Å². The van der Waals surface area contributed by atoms with Crippen LogP contribution in [0.25, 0.3) is 0 Å². The van der Waals surface area contributed by atoms with Crippen molar-refractivity contribution < 1.29 is 17.6 Å². The van der Waals surface area contributed by atoms with Crippen LogP contribution >= 0.6 is 11.8 Å². The predicted octanol–water partition coefficient (Wildman–Crippen LogP) is 3.97. The average molecular weight is 435 g/mol. The number of fused-ring (bicyclic) bond motifs is 1. The third-order valence-electron chi connectivity index (χ3n) is 5.38. The van der Waals surface area contributed by atoms with E-state index in [1.165, 1.54) is 28.6 Å². The number of benzene rings is 2. The Bertz CT molecular complexity index is 1020. The van der Waals surface area contributed by atoms with Gasteiger partial charge < -0.3 is 5.32 Å². The monoisotopic (exact) mass is 434 g/mol. The number of sulfonamides is 1. The normalized spacial score (nSPS) is 20.1. The molecule has 1 fully saturated rings. The standard InChI is InChI=1S/C21H23FN2O3S2/c22-15-8-9-19-17(14-15)18(10-13-28-19)23-21(25)16-6-2-3-7-20(16)29(26,27)24-11-4-1-5-12-24/h2-3,6-9,14,18H,1,4-5,10-13H2,(H,23,25). The summed E-state index contributed by atoms with van der Waals surface area (Å²) >= 11 is 1.63. The molecule has 0 aromatic heterocycles. The van der Waals surface area contributed by atoms with Crippen LogP contribution in [0, 0.1) is 5.82 Å². The second kappa shape index (κ2) is 8.45. The number of carbonyl (C=O) groups excluding carboxylic acids is 1. The van der Waals surface area contributed by atoms with Crippen molar-refractivity contribution in [2.45, 2.75) is 41.5 Å². The van der Waals surface area contributed by atoms with Gasteiger partial charge in [0, 0.05) is 23.7 Å². The van der Waals surface area contributed by atoms with Crippen LogP contribution in [0.15, 0.2) is 52.3 Å². The number of hydrogen-bond donors (Lipinski definition) is 1. The molecule has 4 rings (SSSR count). The lowest BCUT2D eigenvalue weighted by Crippen LogP contribution is -2.37. The molecular formula is C21H23FN2O3S2. The predicted molar refractivity (Wildman–Crippen MR) is 111 cm³/mol. The molecule has 2 aliphatic heterocycles. The van der Waals surface area contributed by atoms with Gasteiger partial charge in [-0.3, -0.25) is 4.79 Å². The van der Waals surface area contributed by atoms with Gasteiger partial charge in [0.25, 0.3) is 5.91 Å². The molecule has 0 saturated carbocycles. The van der Waals surface area contributed by atoms with Crippen molar-refractivity contribution in [1.82, 2.24) is 9.62 Å². The zero-order chi connectivity index (χ0) is 20.4. The molecule has 1 amide bonds. The molecule has 1 atom stereocenters. The quantitative estimate of drug-likeness (QED) is 0.791. The summed E-state index contributed by atoms with van der Waals surface area (Å²) in [5.74, 6) is 0.00369. The SMILES string of the molecule is O=C(NC1CCSc2ccc(F)cc21)c1ccccc1S(=O)(=O)N1CCCCC1. The average Bonchev–Trinajstić information content (AvgIpc) is 2.75. The van der Waals surface area contributed by atoms with Gasteiger partial charge in [0.05, 0.1) is 16.5 Å². The smallest absolute Gasteiger partial charge is 0.253 e. The lowest BCUT2D eigenvalue weighted by Gasteiger charge is -2.28. The molecule has 0 bridgehead atoms. The van der Waals surface area contributed by atoms with Crippen LogP contribution in [-0.4, -0.2) is 37.5 Å². The number of carbonyl (C=O) groups is 1. The maximum absolute atomic E-state index is 13.7. The molecular weight excluding hydrogens is 411 g/mol. The number of halogens is 1. The number of amides is 1. The van der Waals surface area contributed by atoms with Crippen LogP contribution in [0.2, 0.25) is 0 Å². The molecule has 2 aliphatic rings. The van der Waals surface area contributed by atoms with Crippen LogP contribution in [0.1, 0.15) is 47.6 Å². The van der Waals surface area contributed by atoms with E-state index in [2.05, 4.69) is 5.32 Å². The van der Waals surface area contributed by atoms with Gasteiger partial charge in [-0.1, -0.05) is 18.6 Å². The summed E-state index contributed by atoms with van der Waals surface area (Å²) in [5, 5.41) is 2.93. The summed E-state index contributed by atoms with van der Waals surface area (Å²) < 4.78 is 41.5. The van der Waals surface area contributed by atoms with Crippen molar-refractivity contribution in [3.8, 4) is 0 Å². The highest BCUT2D eigenvalue weighted by atomic mass is 32.2. The molecule has 2 heterocycles. The second-order valence-corrected chi connectivity index (χ2v) is 10.3. The number of nitrogens with one attached hydrogen (secondary N) is 1. The zero-order valence-electron chi connectivity index (χ0n) is 15.9. The minimum absolute atomic E-state index is 0.0315. The number of rotatable bonds is 4. The lowest BCUT2D eigenvalue weighted by atomic mass is 10.0. The third-order valence-corrected chi connectivity index (χ3v) is 8.46. The van der Waals surface area contributed by atoms with Crippen molar-refractivity contribution >= 4 is 27.7 Å². The summed E-state index contributed by atoms with van der Waals surface area (Å²) in [6, 6.07) is 10.6. The molecule has 154 valence electrons. The highest BCUT2D eigenvalue weighted by Gasteiger charge is 2.31. The van der Waals surface area contributed by atoms with Gasteiger partial charge >= 0.3 is 0 Å². The molecule has 29 heavy (non-hydrogen) atoms. The van der Waals surface area contributed by atoms with Gasteiger partial charge in [-0.15, -0.1) is 11.8 Å². The van der Waals surface area contributed by atoms with E-state index < -0.39 is 15.9 Å². The first-order valence-electron chi connectivity index (χ1n) is 9.79. The molecule has 1 saturated heterocycles. The van der Waals surface area contributed by atoms with Crippen LogP contribution in [-0.2, 0) is 10.0 Å². The Labute approximate surface area is 174 Å². The maximum atomic E-state index is 13.7. The lowest BCUT2D eigenvalue weighted by molar-refractivity contribution is 0.0931. The van der Waals surface area contributed by atoms with Crippen LogP contribution in [0.3, 0.4) is 0 Å². The van der Waals surface area contributed by atoms with Gasteiger partial charge in [-0.25, -0.2) is 12.8 Å². The number of hydrogen-bond acceptors (Lipinski definition) is 4. The van der Waals surface area contributed by atoms with E-state index in [4.69, 9.17) is 0 Å². The molecule has 5 nitrogen and oxygen atoms in total. The highest BCUT2D eigenvalue weighted by molar-refractivity contribution is 7.99. The minimum Gasteiger partial charge on any atom is -0.345 e. The Morgan fingerprint density at radius 2 is 1.86 bits per heavy atom. The molecule has 1 N–H and O–H groups in total. The van der Waals surface area contributed by atoms with E-state index in [1.807, 2.05) is 0 Å². The van der Waals surface area contributed by atoms with Gasteiger partial charge in [0.1, 0.15) is 5.82 Å². The van der Waals surface area contributed by atoms with E-state index in [1.54, 1.807) is 30.0 Å². The molecule has 2 aromatic rings. The van der Waals surface area contributed by atoms with Gasteiger partial charge in [-0.05, 0) is 55.2 Å². The number of thioether (sulfide) groups is 1. The van der Waals surface area contributed by atoms with E-state index >= 15 is 0 Å². The Morgan fingerprint density at radius 1 is 1.10 bits per heavy atom. The van der Waals surface area contributed by atoms with E-state index in [0.29, 0.717) is 19.5 Å². The van der Waals surface area contributed by atoms with Gasteiger partial charge in [-0.2, -0.15) is 4.31 Å². The minimum atomic E-state index is -3.74. The fourth-order valence-electron chi connectivity index (χ4n) is 3.87. The second-order valence-electron chi connectivity index (χ2n) is 7.31. The van der Waals surface area contributed by atoms with Crippen LogP contribution in [0.4, 0.5) is 4.39 Å². The van der Waals surface area contributed by atoms with Crippen molar-refractivity contribution in [3.63, 3.8) is 0 Å². The Kier molecular flexibility index (Phi) is 5.94. The molecule has 0 aliphatic carbocycles. The zero-order valence-corrected chi connectivity index (χ0v) is 17.6. The van der Waals surface area contributed by atoms with Crippen molar-refractivity contribution in [2.75, 3.05) is 18.8 Å². The fourth-order valence-corrected chi connectivity index (χ4v) is 6.69. The molecule has 8 heteroatoms. The summed E-state index contributed by atoms with van der Waals surface area (Å²) in [7, 11) is -3.74. The van der Waals surface area contributed by atoms with Crippen LogP contribution in [0.5, 0.6) is 0 Å². The number of nitrogens with zero attached hydrogens (tertiary/aromatic N) is 1. The van der Waals surface area contributed by atoms with E-state index in [-0.39, 0.29) is 22.3 Å². The Balaban J connectivity index is 1.62. The van der Waals surface area contributed by atoms with Crippen molar-refractivity contribution in [2.24, 2.45) is 0 Å². The summed E-state index contributed by atoms with van der Waals surface area (Å²) in [4.78, 5) is 14.0. The van der Waals surface area contributed by atoms with Gasteiger partial charge in [0.2, 0.25) is 10.0 Å². The Morgan fingerprint density at radius 3 is 2.66 bits per heavy atom. The topological polar surface area (TPSA) is 66.5 Å². The van der Waals surface area contributed by atoms with E-state index in [0.717, 1.165) is 35.5 Å².